The Hall–Kier alpha value is -1.75. The Morgan fingerprint density at radius 1 is 1.03 bits per heavy atom. The summed E-state index contributed by atoms with van der Waals surface area (Å²) in [5, 5.41) is 1.46. The van der Waals surface area contributed by atoms with Gasteiger partial charge in [0, 0.05) is 42.4 Å². The largest absolute Gasteiger partial charge is 0.484 e. The van der Waals surface area contributed by atoms with Crippen molar-refractivity contribution in [2.45, 2.75) is 37.7 Å². The molecule has 0 N–H and O–H groups in total. The van der Waals surface area contributed by atoms with Gasteiger partial charge in [-0.3, -0.25) is 9.59 Å². The smallest absolute Gasteiger partial charge is 0.222 e. The summed E-state index contributed by atoms with van der Waals surface area (Å²) in [4.78, 5) is 27.2. The molecule has 4 rings (SSSR count). The number of carbonyl (C=O) groups is 2. The Morgan fingerprint density at radius 2 is 1.72 bits per heavy atom. The van der Waals surface area contributed by atoms with Gasteiger partial charge in [-0.2, -0.15) is 0 Å². The van der Waals surface area contributed by atoms with Gasteiger partial charge in [-0.1, -0.05) is 46.9 Å². The van der Waals surface area contributed by atoms with Gasteiger partial charge in [-0.25, -0.2) is 0 Å². The second-order valence-electron chi connectivity index (χ2n) is 7.66. The van der Waals surface area contributed by atoms with Crippen LogP contribution in [0.15, 0.2) is 36.4 Å². The van der Waals surface area contributed by atoms with Gasteiger partial charge in [-0.05, 0) is 36.2 Å². The fourth-order valence-electron chi connectivity index (χ4n) is 4.01. The van der Waals surface area contributed by atoms with Gasteiger partial charge >= 0.3 is 0 Å². The molecule has 2 heterocycles. The number of benzene rings is 2. The minimum absolute atomic E-state index is 0.0156. The van der Waals surface area contributed by atoms with Crippen LogP contribution >= 0.6 is 34.8 Å². The van der Waals surface area contributed by atoms with E-state index < -0.39 is 5.60 Å². The normalized spacial score (nSPS) is 17.8. The van der Waals surface area contributed by atoms with Crippen molar-refractivity contribution in [3.63, 3.8) is 0 Å². The molecule has 1 fully saturated rings. The zero-order valence-electron chi connectivity index (χ0n) is 15.7. The first-order chi connectivity index (χ1) is 13.8. The lowest BCUT2D eigenvalue weighted by atomic mass is 9.82. The maximum Gasteiger partial charge on any atom is 0.222 e. The average Bonchev–Trinajstić information content (AvgIpc) is 2.69. The summed E-state index contributed by atoms with van der Waals surface area (Å²) in [6.07, 6.45) is 2.61. The van der Waals surface area contributed by atoms with Crippen LogP contribution < -0.4 is 4.74 Å². The molecule has 0 radical (unpaired) electrons. The number of Topliss-reactive ketones (excluding diaryl/α,β-unsaturated/α-hetero) is 1. The number of halogens is 3. The average molecular weight is 453 g/mol. The van der Waals surface area contributed by atoms with E-state index in [4.69, 9.17) is 39.5 Å². The van der Waals surface area contributed by atoms with Crippen molar-refractivity contribution in [1.82, 2.24) is 4.90 Å². The number of hydrogen-bond donors (Lipinski definition) is 0. The van der Waals surface area contributed by atoms with Gasteiger partial charge in [0.15, 0.2) is 5.78 Å². The molecule has 1 saturated heterocycles. The van der Waals surface area contributed by atoms with Crippen LogP contribution in [-0.4, -0.2) is 35.3 Å². The molecule has 1 amide bonds. The number of aryl methyl sites for hydroxylation is 1. The van der Waals surface area contributed by atoms with Crippen LogP contribution in [0.3, 0.4) is 0 Å². The summed E-state index contributed by atoms with van der Waals surface area (Å²) in [6.45, 7) is 1.13. The monoisotopic (exact) mass is 451 g/mol. The summed E-state index contributed by atoms with van der Waals surface area (Å²) < 4.78 is 6.22. The molecular weight excluding hydrogens is 433 g/mol. The fourth-order valence-corrected chi connectivity index (χ4v) is 4.67. The number of fused-ring (bicyclic) bond motifs is 1. The molecule has 0 unspecified atom stereocenters. The number of carbonyl (C=O) groups excluding carboxylic acids is 2. The van der Waals surface area contributed by atoms with Crippen molar-refractivity contribution in [2.24, 2.45) is 0 Å². The van der Waals surface area contributed by atoms with Gasteiger partial charge < -0.3 is 9.64 Å². The molecule has 2 aliphatic heterocycles. The highest BCUT2D eigenvalue weighted by molar-refractivity contribution is 6.36. The number of ketones is 1. The summed E-state index contributed by atoms with van der Waals surface area (Å²) in [6, 6.07) is 10.7. The molecule has 0 aromatic heterocycles. The van der Waals surface area contributed by atoms with Crippen LogP contribution in [0.4, 0.5) is 0 Å². The Morgan fingerprint density at radius 3 is 2.41 bits per heavy atom. The molecule has 2 aromatic carbocycles. The Kier molecular flexibility index (Phi) is 5.78. The number of likely N-dealkylation sites (tertiary alicyclic amines) is 1. The minimum Gasteiger partial charge on any atom is -0.484 e. The van der Waals surface area contributed by atoms with Crippen LogP contribution in [0.25, 0.3) is 0 Å². The third kappa shape index (κ3) is 4.40. The van der Waals surface area contributed by atoms with Crippen LogP contribution in [0.2, 0.25) is 15.1 Å². The Bertz CT molecular complexity index is 951. The maximum atomic E-state index is 12.7. The summed E-state index contributed by atoms with van der Waals surface area (Å²) >= 11 is 18.2. The lowest BCUT2D eigenvalue weighted by Crippen LogP contribution is -2.52. The number of piperidine rings is 1. The van der Waals surface area contributed by atoms with Gasteiger partial charge in [0.05, 0.1) is 17.0 Å². The van der Waals surface area contributed by atoms with E-state index in [1.807, 2.05) is 29.2 Å². The molecule has 2 aliphatic rings. The van der Waals surface area contributed by atoms with Crippen LogP contribution in [-0.2, 0) is 11.2 Å². The molecular formula is C22H20Cl3NO3. The summed E-state index contributed by atoms with van der Waals surface area (Å²) in [5.41, 5.74) is 0.922. The van der Waals surface area contributed by atoms with Crippen molar-refractivity contribution in [3.05, 3.63) is 62.6 Å². The summed E-state index contributed by atoms with van der Waals surface area (Å²) in [5.74, 6) is 0.509. The number of amides is 1. The van der Waals surface area contributed by atoms with E-state index in [0.717, 1.165) is 5.56 Å². The van der Waals surface area contributed by atoms with Gasteiger partial charge in [0.25, 0.3) is 0 Å². The van der Waals surface area contributed by atoms with Gasteiger partial charge in [0.2, 0.25) is 5.91 Å². The van der Waals surface area contributed by atoms with E-state index in [-0.39, 0.29) is 18.1 Å². The zero-order chi connectivity index (χ0) is 20.6. The molecule has 29 heavy (non-hydrogen) atoms. The SMILES string of the molecule is O=C1CC2(CCN(C(=O)CCc3ccc(Cl)cc3)CC2)Oc2c(Cl)cc(Cl)cc21. The predicted molar refractivity (Wildman–Crippen MR) is 114 cm³/mol. The first-order valence-corrected chi connectivity index (χ1v) is 10.7. The Balaban J connectivity index is 1.38. The van der Waals surface area contributed by atoms with Gasteiger partial charge in [-0.15, -0.1) is 0 Å². The lowest BCUT2D eigenvalue weighted by Gasteiger charge is -2.44. The number of ether oxygens (including phenoxy) is 1. The molecule has 4 nitrogen and oxygen atoms in total. The minimum atomic E-state index is -0.603. The summed E-state index contributed by atoms with van der Waals surface area (Å²) in [7, 11) is 0. The van der Waals surface area contributed by atoms with Crippen LogP contribution in [0.1, 0.15) is 41.6 Å². The molecule has 1 spiro atoms. The van der Waals surface area contributed by atoms with Crippen LogP contribution in [0, 0.1) is 0 Å². The lowest BCUT2D eigenvalue weighted by molar-refractivity contribution is -0.134. The van der Waals surface area contributed by atoms with E-state index in [1.54, 1.807) is 12.1 Å². The third-order valence-electron chi connectivity index (χ3n) is 5.68. The van der Waals surface area contributed by atoms with E-state index in [1.165, 1.54) is 0 Å². The van der Waals surface area contributed by atoms with E-state index >= 15 is 0 Å². The van der Waals surface area contributed by atoms with Crippen molar-refractivity contribution < 1.29 is 14.3 Å². The zero-order valence-corrected chi connectivity index (χ0v) is 18.0. The highest BCUT2D eigenvalue weighted by atomic mass is 35.5. The second-order valence-corrected chi connectivity index (χ2v) is 8.94. The predicted octanol–water partition coefficient (Wildman–Crippen LogP) is 5.61. The molecule has 0 saturated carbocycles. The quantitative estimate of drug-likeness (QED) is 0.608. The highest BCUT2D eigenvalue weighted by Crippen LogP contribution is 2.44. The molecule has 0 atom stereocenters. The molecule has 7 heteroatoms. The second kappa shape index (κ2) is 8.17. The van der Waals surface area contributed by atoms with E-state index in [2.05, 4.69) is 0 Å². The van der Waals surface area contributed by atoms with E-state index in [9.17, 15) is 9.59 Å². The number of nitrogens with zero attached hydrogens (tertiary/aromatic N) is 1. The van der Waals surface area contributed by atoms with Crippen molar-refractivity contribution in [1.29, 1.82) is 0 Å². The van der Waals surface area contributed by atoms with Gasteiger partial charge in [0.1, 0.15) is 11.4 Å². The van der Waals surface area contributed by atoms with Crippen LogP contribution in [0.5, 0.6) is 5.75 Å². The first kappa shape index (κ1) is 20.5. The van der Waals surface area contributed by atoms with E-state index in [0.29, 0.717) is 65.2 Å². The Labute approximate surface area is 184 Å². The van der Waals surface area contributed by atoms with Crippen molar-refractivity contribution >= 4 is 46.5 Å². The molecule has 2 aromatic rings. The maximum absolute atomic E-state index is 12.7. The first-order valence-electron chi connectivity index (χ1n) is 9.59. The fraction of sp³-hybridized carbons (Fsp3) is 0.364. The molecule has 0 bridgehead atoms. The molecule has 0 aliphatic carbocycles. The molecule has 152 valence electrons. The van der Waals surface area contributed by atoms with Crippen molar-refractivity contribution in [3.8, 4) is 5.75 Å². The van der Waals surface area contributed by atoms with Crippen molar-refractivity contribution in [2.75, 3.05) is 13.1 Å². The highest BCUT2D eigenvalue weighted by Gasteiger charge is 2.44. The number of rotatable bonds is 3. The number of hydrogen-bond acceptors (Lipinski definition) is 3. The topological polar surface area (TPSA) is 46.6 Å². The third-order valence-corrected chi connectivity index (χ3v) is 6.43. The standard InChI is InChI=1S/C22H20Cl3NO3/c23-15-4-1-14(2-5-15)3-6-20(28)26-9-7-22(8-10-26)13-19(27)17-11-16(24)12-18(25)21(17)29-22/h1-2,4-5,11-12H,3,6-10,13H2.